The molecule has 0 radical (unpaired) electrons. The third-order valence-electron chi connectivity index (χ3n) is 3.48. The highest BCUT2D eigenvalue weighted by molar-refractivity contribution is 7.89. The third kappa shape index (κ3) is 3.09. The molecule has 106 valence electrons. The van der Waals surface area contributed by atoms with Gasteiger partial charge in [0.05, 0.1) is 11.5 Å². The molecule has 1 aromatic carbocycles. The topological polar surface area (TPSA) is 46.6 Å². The quantitative estimate of drug-likeness (QED) is 0.853. The van der Waals surface area contributed by atoms with Crippen LogP contribution in [0.1, 0.15) is 33.1 Å². The van der Waals surface area contributed by atoms with Crippen molar-refractivity contribution in [2.45, 2.75) is 44.0 Å². The predicted octanol–water partition coefficient (Wildman–Crippen LogP) is 2.65. The van der Waals surface area contributed by atoms with Gasteiger partial charge in [0, 0.05) is 12.6 Å². The van der Waals surface area contributed by atoms with Crippen LogP contribution < -0.4 is 4.74 Å². The number of sulfonamides is 1. The van der Waals surface area contributed by atoms with Crippen molar-refractivity contribution in [3.63, 3.8) is 0 Å². The van der Waals surface area contributed by atoms with E-state index >= 15 is 0 Å². The lowest BCUT2D eigenvalue weighted by Gasteiger charge is -2.32. The Labute approximate surface area is 115 Å². The van der Waals surface area contributed by atoms with Crippen LogP contribution in [0.2, 0.25) is 0 Å². The Morgan fingerprint density at radius 2 is 1.95 bits per heavy atom. The average Bonchev–Trinajstić information content (AvgIpc) is 2.40. The van der Waals surface area contributed by atoms with Crippen LogP contribution in [0.3, 0.4) is 0 Å². The van der Waals surface area contributed by atoms with Crippen molar-refractivity contribution in [3.05, 3.63) is 24.3 Å². The van der Waals surface area contributed by atoms with Gasteiger partial charge in [0.2, 0.25) is 10.0 Å². The molecule has 0 N–H and O–H groups in total. The summed E-state index contributed by atoms with van der Waals surface area (Å²) >= 11 is 0. The van der Waals surface area contributed by atoms with Gasteiger partial charge in [-0.2, -0.15) is 4.31 Å². The maximum Gasteiger partial charge on any atom is 0.243 e. The molecule has 2 rings (SSSR count). The van der Waals surface area contributed by atoms with E-state index in [0.29, 0.717) is 23.8 Å². The molecular weight excluding hydrogens is 262 g/mol. The fourth-order valence-corrected chi connectivity index (χ4v) is 4.14. The average molecular weight is 283 g/mol. The second-order valence-electron chi connectivity index (χ2n) is 4.86. The summed E-state index contributed by atoms with van der Waals surface area (Å²) in [6, 6.07) is 6.77. The summed E-state index contributed by atoms with van der Waals surface area (Å²) in [6.07, 6.45) is 2.99. The molecule has 4 nitrogen and oxygen atoms in total. The fourth-order valence-electron chi connectivity index (χ4n) is 2.44. The van der Waals surface area contributed by atoms with E-state index in [-0.39, 0.29) is 6.04 Å². The zero-order valence-corrected chi connectivity index (χ0v) is 12.3. The summed E-state index contributed by atoms with van der Waals surface area (Å²) in [5, 5.41) is 0. The van der Waals surface area contributed by atoms with Gasteiger partial charge >= 0.3 is 0 Å². The molecule has 5 heteroatoms. The normalized spacial score (nSPS) is 21.3. The Kier molecular flexibility index (Phi) is 4.47. The molecule has 0 aliphatic carbocycles. The minimum absolute atomic E-state index is 0.0883. The number of benzene rings is 1. The second-order valence-corrected chi connectivity index (χ2v) is 6.76. The Balaban J connectivity index is 2.23. The first-order chi connectivity index (χ1) is 9.05. The van der Waals surface area contributed by atoms with Gasteiger partial charge < -0.3 is 4.74 Å². The van der Waals surface area contributed by atoms with Crippen molar-refractivity contribution in [2.75, 3.05) is 13.2 Å². The lowest BCUT2D eigenvalue weighted by molar-refractivity contribution is 0.268. The van der Waals surface area contributed by atoms with E-state index in [1.807, 2.05) is 13.8 Å². The highest BCUT2D eigenvalue weighted by Crippen LogP contribution is 2.26. The highest BCUT2D eigenvalue weighted by atomic mass is 32.2. The van der Waals surface area contributed by atoms with Gasteiger partial charge in [-0.05, 0) is 51.0 Å². The van der Waals surface area contributed by atoms with Crippen molar-refractivity contribution < 1.29 is 13.2 Å². The van der Waals surface area contributed by atoms with Crippen molar-refractivity contribution in [1.82, 2.24) is 4.31 Å². The van der Waals surface area contributed by atoms with Crippen molar-refractivity contribution in [2.24, 2.45) is 0 Å². The SMILES string of the molecule is CCOc1ccc(S(=O)(=O)N2CCCCC2C)cc1. The first kappa shape index (κ1) is 14.3. The molecule has 0 aromatic heterocycles. The summed E-state index contributed by atoms with van der Waals surface area (Å²) in [5.41, 5.74) is 0. The highest BCUT2D eigenvalue weighted by Gasteiger charge is 2.30. The van der Waals surface area contributed by atoms with E-state index in [9.17, 15) is 8.42 Å². The summed E-state index contributed by atoms with van der Waals surface area (Å²) in [6.45, 7) is 5.08. The van der Waals surface area contributed by atoms with Crippen LogP contribution >= 0.6 is 0 Å². The molecule has 0 saturated carbocycles. The second kappa shape index (κ2) is 5.92. The van der Waals surface area contributed by atoms with E-state index in [2.05, 4.69) is 0 Å². The summed E-state index contributed by atoms with van der Waals surface area (Å²) in [5.74, 6) is 0.702. The molecule has 1 saturated heterocycles. The van der Waals surface area contributed by atoms with Gasteiger partial charge in [0.25, 0.3) is 0 Å². The third-order valence-corrected chi connectivity index (χ3v) is 5.51. The Bertz CT molecular complexity index is 510. The van der Waals surface area contributed by atoms with Gasteiger partial charge in [0.15, 0.2) is 0 Å². The van der Waals surface area contributed by atoms with Crippen LogP contribution in [0, 0.1) is 0 Å². The lowest BCUT2D eigenvalue weighted by atomic mass is 10.1. The first-order valence-electron chi connectivity index (χ1n) is 6.80. The van der Waals surface area contributed by atoms with E-state index in [4.69, 9.17) is 4.74 Å². The fraction of sp³-hybridized carbons (Fsp3) is 0.571. The minimum atomic E-state index is -3.37. The summed E-state index contributed by atoms with van der Waals surface area (Å²) < 4.78 is 32.1. The molecule has 1 aliphatic heterocycles. The summed E-state index contributed by atoms with van der Waals surface area (Å²) in [7, 11) is -3.37. The van der Waals surface area contributed by atoms with Gasteiger partial charge in [-0.1, -0.05) is 6.42 Å². The molecule has 0 spiro atoms. The number of piperidine rings is 1. The lowest BCUT2D eigenvalue weighted by Crippen LogP contribution is -2.41. The molecule has 1 atom stereocenters. The summed E-state index contributed by atoms with van der Waals surface area (Å²) in [4.78, 5) is 0.352. The molecular formula is C14H21NO3S. The van der Waals surface area contributed by atoms with Gasteiger partial charge in [0.1, 0.15) is 5.75 Å². The largest absolute Gasteiger partial charge is 0.494 e. The Morgan fingerprint density at radius 3 is 2.53 bits per heavy atom. The molecule has 1 aromatic rings. The van der Waals surface area contributed by atoms with Gasteiger partial charge in [-0.25, -0.2) is 8.42 Å². The van der Waals surface area contributed by atoms with Crippen LogP contribution in [0.15, 0.2) is 29.2 Å². The molecule has 1 fully saturated rings. The smallest absolute Gasteiger partial charge is 0.243 e. The molecule has 0 bridgehead atoms. The monoisotopic (exact) mass is 283 g/mol. The van der Waals surface area contributed by atoms with Gasteiger partial charge in [-0.3, -0.25) is 0 Å². The van der Waals surface area contributed by atoms with E-state index in [0.717, 1.165) is 19.3 Å². The molecule has 1 heterocycles. The zero-order valence-electron chi connectivity index (χ0n) is 11.5. The van der Waals surface area contributed by atoms with E-state index < -0.39 is 10.0 Å². The van der Waals surface area contributed by atoms with Crippen LogP contribution in [0.25, 0.3) is 0 Å². The number of hydrogen-bond donors (Lipinski definition) is 0. The predicted molar refractivity (Wildman–Crippen MR) is 74.8 cm³/mol. The number of nitrogens with zero attached hydrogens (tertiary/aromatic N) is 1. The van der Waals surface area contributed by atoms with Crippen molar-refractivity contribution in [1.29, 1.82) is 0 Å². The molecule has 0 amide bonds. The van der Waals surface area contributed by atoms with Gasteiger partial charge in [-0.15, -0.1) is 0 Å². The molecule has 1 aliphatic rings. The van der Waals surface area contributed by atoms with Crippen LogP contribution in [0.5, 0.6) is 5.75 Å². The maximum atomic E-state index is 12.6. The Morgan fingerprint density at radius 1 is 1.26 bits per heavy atom. The van der Waals surface area contributed by atoms with Crippen LogP contribution in [-0.4, -0.2) is 31.9 Å². The molecule has 19 heavy (non-hydrogen) atoms. The van der Waals surface area contributed by atoms with Crippen LogP contribution in [-0.2, 0) is 10.0 Å². The van der Waals surface area contributed by atoms with Crippen molar-refractivity contribution in [3.8, 4) is 5.75 Å². The number of rotatable bonds is 4. The van der Waals surface area contributed by atoms with Crippen molar-refractivity contribution >= 4 is 10.0 Å². The molecule has 1 unspecified atom stereocenters. The number of hydrogen-bond acceptors (Lipinski definition) is 3. The van der Waals surface area contributed by atoms with E-state index in [1.54, 1.807) is 28.6 Å². The minimum Gasteiger partial charge on any atom is -0.494 e. The standard InChI is InChI=1S/C14H21NO3S/c1-3-18-13-7-9-14(10-8-13)19(16,17)15-11-5-4-6-12(15)2/h7-10,12H,3-6,11H2,1-2H3. The zero-order chi connectivity index (χ0) is 13.9. The maximum absolute atomic E-state index is 12.6. The Hall–Kier alpha value is -1.07. The van der Waals surface area contributed by atoms with E-state index in [1.165, 1.54) is 0 Å². The first-order valence-corrected chi connectivity index (χ1v) is 8.24. The van der Waals surface area contributed by atoms with Crippen LogP contribution in [0.4, 0.5) is 0 Å². The number of ether oxygens (including phenoxy) is 1.